The number of fused-ring (bicyclic) bond motifs is 1. The molecule has 0 bridgehead atoms. The van der Waals surface area contributed by atoms with Crippen LogP contribution in [-0.4, -0.2) is 46.9 Å². The highest BCUT2D eigenvalue weighted by Gasteiger charge is 2.25. The lowest BCUT2D eigenvalue weighted by Crippen LogP contribution is -2.52. The topological polar surface area (TPSA) is 136 Å². The number of rotatable bonds is 6. The summed E-state index contributed by atoms with van der Waals surface area (Å²) in [5, 5.41) is 7.33. The molecule has 1 aromatic heterocycles. The second-order valence-electron chi connectivity index (χ2n) is 8.24. The molecule has 12 heteroatoms. The van der Waals surface area contributed by atoms with Gasteiger partial charge in [0, 0.05) is 37.4 Å². The van der Waals surface area contributed by atoms with Gasteiger partial charge in [0.25, 0.3) is 0 Å². The number of hydrogen-bond donors (Lipinski definition) is 4. The van der Waals surface area contributed by atoms with Crippen LogP contribution < -0.4 is 36.5 Å². The summed E-state index contributed by atoms with van der Waals surface area (Å²) in [6.45, 7) is 1.91. The molecule has 1 fully saturated rings. The van der Waals surface area contributed by atoms with E-state index in [4.69, 9.17) is 44.1 Å². The van der Waals surface area contributed by atoms with E-state index in [1.807, 2.05) is 23.1 Å². The summed E-state index contributed by atoms with van der Waals surface area (Å²) < 4.78 is 10.8. The molecule has 2 atom stereocenters. The Bertz CT molecular complexity index is 1190. The van der Waals surface area contributed by atoms with Crippen molar-refractivity contribution >= 4 is 46.7 Å². The molecule has 0 amide bonds. The van der Waals surface area contributed by atoms with Gasteiger partial charge >= 0.3 is 0 Å². The Kier molecular flexibility index (Phi) is 6.46. The summed E-state index contributed by atoms with van der Waals surface area (Å²) in [5.41, 5.74) is 14.1. The van der Waals surface area contributed by atoms with E-state index in [2.05, 4.69) is 25.6 Å². The third kappa shape index (κ3) is 5.20. The Hall–Kier alpha value is -3.05. The fraction of sp³-hybridized carbons (Fsp3) is 0.318. The molecule has 0 unspecified atom stereocenters. The Balaban J connectivity index is 1.40. The highest BCUT2D eigenvalue weighted by atomic mass is 35.5. The predicted molar refractivity (Wildman–Crippen MR) is 132 cm³/mol. The Labute approximate surface area is 206 Å². The lowest BCUT2D eigenvalue weighted by atomic mass is 10.0. The van der Waals surface area contributed by atoms with Crippen molar-refractivity contribution in [1.82, 2.24) is 15.0 Å². The zero-order valence-corrected chi connectivity index (χ0v) is 19.7. The standard InChI is InChI=1S/C22H24Cl2N8O2/c23-16-3-2-15(7-17(16)24)28-21-29-20(27-8-12-1-4-18-19(5-12)34-11-33-18)30-22(31-21)32-9-13(25)6-14(26)10-32/h1-5,7,13-14H,6,8-11,25-26H2,(H2,27,28,29,30,31)/t13-,14-/m1/s1. The van der Waals surface area contributed by atoms with Gasteiger partial charge in [-0.25, -0.2) is 0 Å². The van der Waals surface area contributed by atoms with Crippen molar-refractivity contribution in [1.29, 1.82) is 0 Å². The molecule has 2 aromatic carbocycles. The van der Waals surface area contributed by atoms with E-state index in [1.165, 1.54) is 0 Å². The molecule has 3 aromatic rings. The molecular formula is C22H24Cl2N8O2. The molecule has 2 aliphatic rings. The summed E-state index contributed by atoms with van der Waals surface area (Å²) in [6, 6.07) is 10.9. The fourth-order valence-electron chi connectivity index (χ4n) is 3.92. The van der Waals surface area contributed by atoms with E-state index >= 15 is 0 Å². The van der Waals surface area contributed by atoms with Crippen molar-refractivity contribution in [2.75, 3.05) is 35.4 Å². The SMILES string of the molecule is N[C@@H]1C[C@@H](N)CN(c2nc(NCc3ccc4c(c3)OCO4)nc(Nc3ccc(Cl)c(Cl)c3)n2)C1. The van der Waals surface area contributed by atoms with Crippen molar-refractivity contribution in [2.24, 2.45) is 11.5 Å². The van der Waals surface area contributed by atoms with Crippen LogP contribution in [0.4, 0.5) is 23.5 Å². The summed E-state index contributed by atoms with van der Waals surface area (Å²) in [7, 11) is 0. The van der Waals surface area contributed by atoms with Crippen LogP contribution in [0, 0.1) is 0 Å². The second-order valence-corrected chi connectivity index (χ2v) is 9.05. The maximum absolute atomic E-state index is 6.19. The highest BCUT2D eigenvalue weighted by Crippen LogP contribution is 2.33. The van der Waals surface area contributed by atoms with Crippen molar-refractivity contribution < 1.29 is 9.47 Å². The maximum Gasteiger partial charge on any atom is 0.233 e. The number of nitrogens with zero attached hydrogens (tertiary/aromatic N) is 4. The van der Waals surface area contributed by atoms with Gasteiger partial charge in [-0.05, 0) is 42.3 Å². The van der Waals surface area contributed by atoms with Gasteiger partial charge in [0.1, 0.15) is 0 Å². The van der Waals surface area contributed by atoms with Gasteiger partial charge in [0.05, 0.1) is 10.0 Å². The van der Waals surface area contributed by atoms with Gasteiger partial charge in [0.2, 0.25) is 24.6 Å². The van der Waals surface area contributed by atoms with Crippen LogP contribution in [0.1, 0.15) is 12.0 Å². The molecule has 6 N–H and O–H groups in total. The van der Waals surface area contributed by atoms with Crippen LogP contribution in [0.3, 0.4) is 0 Å². The summed E-state index contributed by atoms with van der Waals surface area (Å²) in [6.07, 6.45) is 0.755. The average Bonchev–Trinajstić information content (AvgIpc) is 3.27. The Morgan fingerprint density at radius 2 is 1.68 bits per heavy atom. The van der Waals surface area contributed by atoms with Crippen LogP contribution in [0.15, 0.2) is 36.4 Å². The van der Waals surface area contributed by atoms with Crippen LogP contribution in [0.5, 0.6) is 11.5 Å². The monoisotopic (exact) mass is 502 g/mol. The lowest BCUT2D eigenvalue weighted by Gasteiger charge is -2.34. The average molecular weight is 503 g/mol. The summed E-state index contributed by atoms with van der Waals surface area (Å²) in [5.74, 6) is 2.68. The molecule has 0 radical (unpaired) electrons. The van der Waals surface area contributed by atoms with Crippen molar-refractivity contribution in [3.8, 4) is 11.5 Å². The van der Waals surface area contributed by atoms with Crippen molar-refractivity contribution in [3.05, 3.63) is 52.0 Å². The van der Waals surface area contributed by atoms with E-state index in [0.717, 1.165) is 17.7 Å². The minimum Gasteiger partial charge on any atom is -0.454 e. The third-order valence-electron chi connectivity index (χ3n) is 5.49. The van der Waals surface area contributed by atoms with E-state index in [0.29, 0.717) is 59.0 Å². The molecule has 5 rings (SSSR count). The number of nitrogens with one attached hydrogen (secondary N) is 2. The first-order valence-electron chi connectivity index (χ1n) is 10.8. The number of nitrogens with two attached hydrogens (primary N) is 2. The number of aromatic nitrogens is 3. The molecule has 178 valence electrons. The van der Waals surface area contributed by atoms with E-state index in [9.17, 15) is 0 Å². The number of anilines is 4. The number of halogens is 2. The largest absolute Gasteiger partial charge is 0.454 e. The quantitative estimate of drug-likeness (QED) is 0.397. The lowest BCUT2D eigenvalue weighted by molar-refractivity contribution is 0.174. The molecule has 0 aliphatic carbocycles. The third-order valence-corrected chi connectivity index (χ3v) is 6.22. The molecule has 2 aliphatic heterocycles. The van der Waals surface area contributed by atoms with Crippen LogP contribution in [0.2, 0.25) is 10.0 Å². The molecule has 34 heavy (non-hydrogen) atoms. The van der Waals surface area contributed by atoms with Gasteiger partial charge in [-0.1, -0.05) is 29.3 Å². The Morgan fingerprint density at radius 1 is 0.912 bits per heavy atom. The minimum absolute atomic E-state index is 0.0583. The van der Waals surface area contributed by atoms with Crippen LogP contribution >= 0.6 is 23.2 Å². The zero-order chi connectivity index (χ0) is 23.7. The molecule has 0 spiro atoms. The normalized spacial score (nSPS) is 19.2. The van der Waals surface area contributed by atoms with E-state index in [1.54, 1.807) is 18.2 Å². The predicted octanol–water partition coefficient (Wildman–Crippen LogP) is 3.13. The molecule has 0 saturated carbocycles. The first-order chi connectivity index (χ1) is 16.4. The summed E-state index contributed by atoms with van der Waals surface area (Å²) in [4.78, 5) is 15.7. The first-order valence-corrected chi connectivity index (χ1v) is 11.6. The van der Waals surface area contributed by atoms with Gasteiger partial charge < -0.3 is 36.5 Å². The van der Waals surface area contributed by atoms with Crippen LogP contribution in [-0.2, 0) is 6.54 Å². The first kappa shape index (κ1) is 22.7. The van der Waals surface area contributed by atoms with E-state index < -0.39 is 0 Å². The number of benzene rings is 2. The van der Waals surface area contributed by atoms with Gasteiger partial charge in [0.15, 0.2) is 11.5 Å². The van der Waals surface area contributed by atoms with E-state index in [-0.39, 0.29) is 18.9 Å². The van der Waals surface area contributed by atoms with Gasteiger partial charge in [-0.3, -0.25) is 0 Å². The number of hydrogen-bond acceptors (Lipinski definition) is 10. The van der Waals surface area contributed by atoms with Crippen LogP contribution in [0.25, 0.3) is 0 Å². The van der Waals surface area contributed by atoms with Crippen molar-refractivity contribution in [3.63, 3.8) is 0 Å². The number of ether oxygens (including phenoxy) is 2. The summed E-state index contributed by atoms with van der Waals surface area (Å²) >= 11 is 12.2. The van der Waals surface area contributed by atoms with Gasteiger partial charge in [-0.15, -0.1) is 0 Å². The minimum atomic E-state index is -0.0583. The zero-order valence-electron chi connectivity index (χ0n) is 18.2. The molecule has 10 nitrogen and oxygen atoms in total. The number of piperidine rings is 1. The second kappa shape index (κ2) is 9.67. The highest BCUT2D eigenvalue weighted by molar-refractivity contribution is 6.42. The fourth-order valence-corrected chi connectivity index (χ4v) is 4.22. The molecular weight excluding hydrogens is 479 g/mol. The van der Waals surface area contributed by atoms with Gasteiger partial charge in [-0.2, -0.15) is 15.0 Å². The molecule has 1 saturated heterocycles. The maximum atomic E-state index is 6.19. The Morgan fingerprint density at radius 3 is 2.47 bits per heavy atom. The molecule has 3 heterocycles. The smallest absolute Gasteiger partial charge is 0.233 e. The van der Waals surface area contributed by atoms with Crippen molar-refractivity contribution in [2.45, 2.75) is 25.0 Å².